The Hall–Kier alpha value is -2.01. The van der Waals surface area contributed by atoms with Crippen LogP contribution in [0.2, 0.25) is 0 Å². The van der Waals surface area contributed by atoms with Crippen molar-refractivity contribution in [3.8, 4) is 11.5 Å². The van der Waals surface area contributed by atoms with E-state index in [9.17, 15) is 0 Å². The highest BCUT2D eigenvalue weighted by Gasteiger charge is 2.22. The highest BCUT2D eigenvalue weighted by Crippen LogP contribution is 2.30. The van der Waals surface area contributed by atoms with Crippen LogP contribution < -0.4 is 9.47 Å². The Bertz CT molecular complexity index is 639. The number of ether oxygens (including phenoxy) is 2. The first-order valence-electron chi connectivity index (χ1n) is 7.74. The molecular formula is C17H23N3O2. The van der Waals surface area contributed by atoms with E-state index >= 15 is 0 Å². The van der Waals surface area contributed by atoms with Crippen molar-refractivity contribution in [3.05, 3.63) is 41.5 Å². The molecule has 2 aromatic rings. The van der Waals surface area contributed by atoms with Crippen molar-refractivity contribution in [1.82, 2.24) is 14.9 Å². The first kappa shape index (κ1) is 14.9. The molecule has 0 fully saturated rings. The number of H-pyrrole nitrogens is 1. The lowest BCUT2D eigenvalue weighted by Crippen LogP contribution is -2.32. The summed E-state index contributed by atoms with van der Waals surface area (Å²) in [5.74, 6) is 2.79. The van der Waals surface area contributed by atoms with Crippen molar-refractivity contribution >= 4 is 0 Å². The van der Waals surface area contributed by atoms with Crippen LogP contribution in [0.4, 0.5) is 0 Å². The fourth-order valence-electron chi connectivity index (χ4n) is 2.86. The zero-order valence-corrected chi connectivity index (χ0v) is 13.4. The smallest absolute Gasteiger partial charge is 0.124 e. The molecule has 1 unspecified atom stereocenters. The molecule has 1 aromatic carbocycles. The molecule has 22 heavy (non-hydrogen) atoms. The van der Waals surface area contributed by atoms with Crippen LogP contribution in [0, 0.1) is 6.92 Å². The third kappa shape index (κ3) is 3.25. The van der Waals surface area contributed by atoms with Crippen LogP contribution >= 0.6 is 0 Å². The number of nitrogens with one attached hydrogen (secondary N) is 1. The standard InChI is InChI=1S/C17H23N3O2/c1-4-15-11-20(10-14-8-18-12(2)19-14)9-13-7-16(21-3)5-6-17(13)22-15/h5-8,15H,4,9-11H2,1-3H3,(H,18,19). The quantitative estimate of drug-likeness (QED) is 0.943. The second-order valence-corrected chi connectivity index (χ2v) is 5.79. The number of nitrogens with zero attached hydrogens (tertiary/aromatic N) is 2. The fourth-order valence-corrected chi connectivity index (χ4v) is 2.86. The number of rotatable bonds is 4. The molecule has 1 aliphatic heterocycles. The molecule has 0 amide bonds. The Kier molecular flexibility index (Phi) is 4.34. The summed E-state index contributed by atoms with van der Waals surface area (Å²) < 4.78 is 11.5. The van der Waals surface area contributed by atoms with E-state index in [4.69, 9.17) is 9.47 Å². The largest absolute Gasteiger partial charge is 0.497 e. The SMILES string of the molecule is CCC1CN(Cc2cnc(C)[nH]2)Cc2cc(OC)ccc2O1. The second-order valence-electron chi connectivity index (χ2n) is 5.79. The Morgan fingerprint density at radius 3 is 3.00 bits per heavy atom. The average molecular weight is 301 g/mol. The van der Waals surface area contributed by atoms with Crippen molar-refractivity contribution in [2.45, 2.75) is 39.5 Å². The fraction of sp³-hybridized carbons (Fsp3) is 0.471. The van der Waals surface area contributed by atoms with Crippen LogP contribution in [0.3, 0.4) is 0 Å². The Labute approximate surface area is 131 Å². The van der Waals surface area contributed by atoms with E-state index in [1.54, 1.807) is 7.11 Å². The van der Waals surface area contributed by atoms with Crippen LogP contribution in [0.1, 0.15) is 30.4 Å². The van der Waals surface area contributed by atoms with Crippen LogP contribution in [-0.4, -0.2) is 34.6 Å². The normalized spacial score (nSPS) is 18.4. The maximum Gasteiger partial charge on any atom is 0.124 e. The van der Waals surface area contributed by atoms with E-state index in [1.807, 2.05) is 25.3 Å². The third-order valence-corrected chi connectivity index (χ3v) is 4.02. The summed E-state index contributed by atoms with van der Waals surface area (Å²) in [6.07, 6.45) is 3.11. The molecule has 1 aliphatic rings. The number of imidazole rings is 1. The first-order valence-corrected chi connectivity index (χ1v) is 7.74. The van der Waals surface area contributed by atoms with Gasteiger partial charge in [-0.05, 0) is 31.5 Å². The van der Waals surface area contributed by atoms with Gasteiger partial charge < -0.3 is 14.5 Å². The van der Waals surface area contributed by atoms with Crippen LogP contribution in [0.15, 0.2) is 24.4 Å². The molecule has 118 valence electrons. The monoisotopic (exact) mass is 301 g/mol. The van der Waals surface area contributed by atoms with E-state index in [-0.39, 0.29) is 6.10 Å². The lowest BCUT2D eigenvalue weighted by Gasteiger charge is -2.22. The predicted molar refractivity (Wildman–Crippen MR) is 85.1 cm³/mol. The lowest BCUT2D eigenvalue weighted by molar-refractivity contribution is 0.138. The second kappa shape index (κ2) is 6.40. The molecule has 1 aromatic heterocycles. The van der Waals surface area contributed by atoms with E-state index in [1.165, 1.54) is 5.56 Å². The zero-order valence-electron chi connectivity index (χ0n) is 13.4. The molecule has 5 heteroatoms. The van der Waals surface area contributed by atoms with Crippen LogP contribution in [-0.2, 0) is 13.1 Å². The number of aryl methyl sites for hydroxylation is 1. The molecule has 2 heterocycles. The van der Waals surface area contributed by atoms with Gasteiger partial charge >= 0.3 is 0 Å². The van der Waals surface area contributed by atoms with Gasteiger partial charge in [-0.3, -0.25) is 4.90 Å². The minimum Gasteiger partial charge on any atom is -0.497 e. The summed E-state index contributed by atoms with van der Waals surface area (Å²) in [6, 6.07) is 6.04. The van der Waals surface area contributed by atoms with Crippen molar-refractivity contribution in [2.24, 2.45) is 0 Å². The summed E-state index contributed by atoms with van der Waals surface area (Å²) in [5.41, 5.74) is 2.31. The third-order valence-electron chi connectivity index (χ3n) is 4.02. The molecule has 5 nitrogen and oxygen atoms in total. The zero-order chi connectivity index (χ0) is 15.5. The van der Waals surface area contributed by atoms with Gasteiger partial charge in [-0.1, -0.05) is 6.92 Å². The van der Waals surface area contributed by atoms with Gasteiger partial charge in [-0.15, -0.1) is 0 Å². The summed E-state index contributed by atoms with van der Waals surface area (Å²) in [4.78, 5) is 9.98. The topological polar surface area (TPSA) is 50.4 Å². The number of hydrogen-bond acceptors (Lipinski definition) is 4. The first-order chi connectivity index (χ1) is 10.7. The predicted octanol–water partition coefficient (Wildman–Crippen LogP) is 2.90. The van der Waals surface area contributed by atoms with Crippen LogP contribution in [0.5, 0.6) is 11.5 Å². The number of methoxy groups -OCH3 is 1. The van der Waals surface area contributed by atoms with E-state index < -0.39 is 0 Å². The van der Waals surface area contributed by atoms with Crippen molar-refractivity contribution in [3.63, 3.8) is 0 Å². The molecule has 0 saturated heterocycles. The number of benzene rings is 1. The van der Waals surface area contributed by atoms with Gasteiger partial charge in [-0.2, -0.15) is 0 Å². The van der Waals surface area contributed by atoms with Gasteiger partial charge in [0.2, 0.25) is 0 Å². The molecule has 3 rings (SSSR count). The Morgan fingerprint density at radius 2 is 2.32 bits per heavy atom. The Balaban J connectivity index is 1.84. The average Bonchev–Trinajstić information content (AvgIpc) is 2.83. The number of fused-ring (bicyclic) bond motifs is 1. The number of aromatic nitrogens is 2. The summed E-state index contributed by atoms with van der Waals surface area (Å²) in [6.45, 7) is 6.74. The molecule has 0 spiro atoms. The Morgan fingerprint density at radius 1 is 1.45 bits per heavy atom. The molecule has 1 atom stereocenters. The molecule has 0 saturated carbocycles. The molecule has 0 radical (unpaired) electrons. The molecule has 1 N–H and O–H groups in total. The highest BCUT2D eigenvalue weighted by atomic mass is 16.5. The molecule has 0 aliphatic carbocycles. The van der Waals surface area contributed by atoms with Crippen LogP contribution in [0.25, 0.3) is 0 Å². The molecular weight excluding hydrogens is 278 g/mol. The minimum absolute atomic E-state index is 0.207. The van der Waals surface area contributed by atoms with Gasteiger partial charge in [0.25, 0.3) is 0 Å². The van der Waals surface area contributed by atoms with Gasteiger partial charge in [0.1, 0.15) is 23.4 Å². The van der Waals surface area contributed by atoms with Gasteiger partial charge in [0.15, 0.2) is 0 Å². The van der Waals surface area contributed by atoms with E-state index in [0.29, 0.717) is 0 Å². The maximum absolute atomic E-state index is 6.16. The number of hydrogen-bond donors (Lipinski definition) is 1. The van der Waals surface area contributed by atoms with Crippen molar-refractivity contribution in [1.29, 1.82) is 0 Å². The minimum atomic E-state index is 0.207. The number of aromatic amines is 1. The van der Waals surface area contributed by atoms with Crippen molar-refractivity contribution < 1.29 is 9.47 Å². The summed E-state index contributed by atoms with van der Waals surface area (Å²) >= 11 is 0. The highest BCUT2D eigenvalue weighted by molar-refractivity contribution is 5.41. The van der Waals surface area contributed by atoms with Gasteiger partial charge in [-0.25, -0.2) is 4.98 Å². The maximum atomic E-state index is 6.16. The van der Waals surface area contributed by atoms with Gasteiger partial charge in [0.05, 0.1) is 7.11 Å². The summed E-state index contributed by atoms with van der Waals surface area (Å²) in [7, 11) is 1.69. The lowest BCUT2D eigenvalue weighted by atomic mass is 10.1. The van der Waals surface area contributed by atoms with E-state index in [0.717, 1.165) is 49.1 Å². The van der Waals surface area contributed by atoms with E-state index in [2.05, 4.69) is 27.9 Å². The van der Waals surface area contributed by atoms with Gasteiger partial charge in [0, 0.05) is 37.1 Å². The van der Waals surface area contributed by atoms with Crippen molar-refractivity contribution in [2.75, 3.05) is 13.7 Å². The molecule has 0 bridgehead atoms. The summed E-state index contributed by atoms with van der Waals surface area (Å²) in [5, 5.41) is 0.